The minimum Gasteiger partial charge on any atom is -0.245 e. The van der Waals surface area contributed by atoms with Crippen LogP contribution in [-0.4, -0.2) is 24.7 Å². The third-order valence-corrected chi connectivity index (χ3v) is 3.65. The largest absolute Gasteiger partial charge is 0.245 e. The molecule has 0 aliphatic rings. The first-order valence-corrected chi connectivity index (χ1v) is 7.43. The van der Waals surface area contributed by atoms with E-state index in [0.717, 1.165) is 21.4 Å². The summed E-state index contributed by atoms with van der Waals surface area (Å²) in [5.74, 6) is 1.43. The van der Waals surface area contributed by atoms with E-state index in [9.17, 15) is 0 Å². The lowest BCUT2D eigenvalue weighted by molar-refractivity contribution is 0.662. The predicted molar refractivity (Wildman–Crippen MR) is 84.0 cm³/mol. The molecule has 0 atom stereocenters. The smallest absolute Gasteiger partial charge is 0.222 e. The molecule has 1 aromatic carbocycles. The van der Waals surface area contributed by atoms with Gasteiger partial charge in [0, 0.05) is 16.9 Å². The summed E-state index contributed by atoms with van der Waals surface area (Å²) in [7, 11) is 0. The van der Waals surface area contributed by atoms with Gasteiger partial charge in [0.2, 0.25) is 5.28 Å². The molecule has 2 aromatic heterocycles. The fourth-order valence-electron chi connectivity index (χ4n) is 1.93. The highest BCUT2D eigenvalue weighted by atomic mass is 79.9. The molecule has 0 saturated heterocycles. The van der Waals surface area contributed by atoms with Gasteiger partial charge in [-0.15, -0.1) is 0 Å². The minimum absolute atomic E-state index is 0.212. The zero-order valence-corrected chi connectivity index (χ0v) is 13.5. The van der Waals surface area contributed by atoms with Crippen LogP contribution in [0.2, 0.25) is 5.28 Å². The van der Waals surface area contributed by atoms with Crippen LogP contribution in [0.5, 0.6) is 0 Å². The summed E-state index contributed by atoms with van der Waals surface area (Å²) < 4.78 is 2.90. The first-order valence-electron chi connectivity index (χ1n) is 6.25. The second-order valence-electron chi connectivity index (χ2n) is 4.51. The normalized spacial score (nSPS) is 10.8. The van der Waals surface area contributed by atoms with Gasteiger partial charge in [-0.25, -0.2) is 19.6 Å². The average Bonchev–Trinajstić information content (AvgIpc) is 2.81. The molecule has 106 valence electrons. The fourth-order valence-corrected chi connectivity index (χ4v) is 2.47. The van der Waals surface area contributed by atoms with E-state index in [2.05, 4.69) is 48.1 Å². The molecule has 21 heavy (non-hydrogen) atoms. The van der Waals surface area contributed by atoms with Crippen LogP contribution in [0.25, 0.3) is 11.4 Å². The number of aryl methyl sites for hydroxylation is 1. The summed E-state index contributed by atoms with van der Waals surface area (Å²) in [6, 6.07) is 8.11. The molecule has 0 radical (unpaired) electrons. The molecular weight excluding hydrogens is 354 g/mol. The molecule has 0 bridgehead atoms. The number of nitrogens with zero attached hydrogens (tertiary/aromatic N) is 5. The Morgan fingerprint density at radius 1 is 1.24 bits per heavy atom. The summed E-state index contributed by atoms with van der Waals surface area (Å²) >= 11 is 9.15. The van der Waals surface area contributed by atoms with Crippen molar-refractivity contribution in [3.63, 3.8) is 0 Å². The molecule has 3 aromatic rings. The number of hydrogen-bond acceptors (Lipinski definition) is 4. The van der Waals surface area contributed by atoms with Crippen LogP contribution in [0.4, 0.5) is 0 Å². The number of aromatic nitrogens is 5. The lowest BCUT2D eigenvalue weighted by atomic mass is 10.2. The number of hydrogen-bond donors (Lipinski definition) is 0. The molecule has 0 aliphatic heterocycles. The highest BCUT2D eigenvalue weighted by Crippen LogP contribution is 2.17. The van der Waals surface area contributed by atoms with Gasteiger partial charge in [-0.05, 0) is 36.2 Å². The van der Waals surface area contributed by atoms with E-state index in [0.29, 0.717) is 12.4 Å². The summed E-state index contributed by atoms with van der Waals surface area (Å²) in [5, 5.41) is 4.71. The molecule has 0 N–H and O–H groups in total. The van der Waals surface area contributed by atoms with Gasteiger partial charge in [0.25, 0.3) is 0 Å². The molecule has 0 unspecified atom stereocenters. The van der Waals surface area contributed by atoms with Gasteiger partial charge < -0.3 is 0 Å². The maximum Gasteiger partial charge on any atom is 0.222 e. The zero-order chi connectivity index (χ0) is 14.8. The van der Waals surface area contributed by atoms with Crippen molar-refractivity contribution in [2.24, 2.45) is 0 Å². The van der Waals surface area contributed by atoms with Crippen LogP contribution in [0.3, 0.4) is 0 Å². The van der Waals surface area contributed by atoms with Crippen LogP contribution in [0, 0.1) is 6.92 Å². The Morgan fingerprint density at radius 3 is 2.71 bits per heavy atom. The second-order valence-corrected chi connectivity index (χ2v) is 5.76. The van der Waals surface area contributed by atoms with E-state index >= 15 is 0 Å². The lowest BCUT2D eigenvalue weighted by Crippen LogP contribution is -2.04. The third kappa shape index (κ3) is 3.28. The number of benzene rings is 1. The van der Waals surface area contributed by atoms with E-state index in [-0.39, 0.29) is 5.28 Å². The standard InChI is InChI=1S/C14H11BrClN5/c1-9-19-13(11-6-17-14(16)18-7-11)20-21(9)8-10-3-2-4-12(15)5-10/h2-7H,8H2,1H3. The van der Waals surface area contributed by atoms with E-state index in [1.807, 2.05) is 23.7 Å². The van der Waals surface area contributed by atoms with Gasteiger partial charge >= 0.3 is 0 Å². The van der Waals surface area contributed by atoms with Crippen molar-refractivity contribution >= 4 is 27.5 Å². The van der Waals surface area contributed by atoms with E-state index in [1.54, 1.807) is 12.4 Å². The molecule has 0 amide bonds. The topological polar surface area (TPSA) is 56.5 Å². The van der Waals surface area contributed by atoms with Gasteiger partial charge in [-0.3, -0.25) is 0 Å². The van der Waals surface area contributed by atoms with Gasteiger partial charge in [-0.2, -0.15) is 5.10 Å². The SMILES string of the molecule is Cc1nc(-c2cnc(Cl)nc2)nn1Cc1cccc(Br)c1. The maximum absolute atomic E-state index is 5.69. The average molecular weight is 365 g/mol. The number of rotatable bonds is 3. The maximum atomic E-state index is 5.69. The molecule has 2 heterocycles. The minimum atomic E-state index is 0.212. The molecule has 0 saturated carbocycles. The van der Waals surface area contributed by atoms with Crippen molar-refractivity contribution in [3.05, 3.63) is 57.8 Å². The van der Waals surface area contributed by atoms with Crippen LogP contribution in [0.1, 0.15) is 11.4 Å². The molecule has 0 spiro atoms. The molecule has 3 rings (SSSR count). The fraction of sp³-hybridized carbons (Fsp3) is 0.143. The quantitative estimate of drug-likeness (QED) is 0.667. The Kier molecular flexibility index (Phi) is 3.98. The summed E-state index contributed by atoms with van der Waals surface area (Å²) in [4.78, 5) is 12.3. The van der Waals surface area contributed by atoms with Crippen molar-refractivity contribution in [3.8, 4) is 11.4 Å². The monoisotopic (exact) mass is 363 g/mol. The Morgan fingerprint density at radius 2 is 2.00 bits per heavy atom. The zero-order valence-electron chi connectivity index (χ0n) is 11.2. The Balaban J connectivity index is 1.89. The summed E-state index contributed by atoms with van der Waals surface area (Å²) in [5.41, 5.74) is 1.90. The van der Waals surface area contributed by atoms with Gasteiger partial charge in [0.1, 0.15) is 5.82 Å². The van der Waals surface area contributed by atoms with Crippen LogP contribution < -0.4 is 0 Å². The van der Waals surface area contributed by atoms with Gasteiger partial charge in [0.15, 0.2) is 5.82 Å². The van der Waals surface area contributed by atoms with Crippen molar-refractivity contribution in [2.75, 3.05) is 0 Å². The first kappa shape index (κ1) is 14.2. The first-order chi connectivity index (χ1) is 10.1. The highest BCUT2D eigenvalue weighted by Gasteiger charge is 2.10. The lowest BCUT2D eigenvalue weighted by Gasteiger charge is -2.03. The molecule has 7 heteroatoms. The molecule has 0 fully saturated rings. The van der Waals surface area contributed by atoms with Crippen LogP contribution >= 0.6 is 27.5 Å². The Hall–Kier alpha value is -1.79. The highest BCUT2D eigenvalue weighted by molar-refractivity contribution is 9.10. The van der Waals surface area contributed by atoms with Gasteiger partial charge in [0.05, 0.1) is 12.1 Å². The number of halogens is 2. The van der Waals surface area contributed by atoms with Crippen LogP contribution in [0.15, 0.2) is 41.1 Å². The van der Waals surface area contributed by atoms with Crippen molar-refractivity contribution in [1.82, 2.24) is 24.7 Å². The molecular formula is C14H11BrClN5. The second kappa shape index (κ2) is 5.91. The third-order valence-electron chi connectivity index (χ3n) is 2.96. The molecule has 0 aliphatic carbocycles. The van der Waals surface area contributed by atoms with Crippen LogP contribution in [-0.2, 0) is 6.54 Å². The Bertz CT molecular complexity index is 769. The van der Waals surface area contributed by atoms with E-state index < -0.39 is 0 Å². The molecule has 5 nitrogen and oxygen atoms in total. The van der Waals surface area contributed by atoms with Gasteiger partial charge in [-0.1, -0.05) is 28.1 Å². The summed E-state index contributed by atoms with van der Waals surface area (Å²) in [6.45, 7) is 2.58. The predicted octanol–water partition coefficient (Wildman–Crippen LogP) is 3.51. The van der Waals surface area contributed by atoms with E-state index in [1.165, 1.54) is 0 Å². The summed E-state index contributed by atoms with van der Waals surface area (Å²) in [6.07, 6.45) is 3.24. The van der Waals surface area contributed by atoms with Crippen molar-refractivity contribution < 1.29 is 0 Å². The van der Waals surface area contributed by atoms with Crippen molar-refractivity contribution in [2.45, 2.75) is 13.5 Å². The van der Waals surface area contributed by atoms with Crippen molar-refractivity contribution in [1.29, 1.82) is 0 Å². The van der Waals surface area contributed by atoms with E-state index in [4.69, 9.17) is 11.6 Å². The Labute approximate surface area is 135 Å².